The van der Waals surface area contributed by atoms with Crippen LogP contribution in [0, 0.1) is 6.92 Å². The monoisotopic (exact) mass is 489 g/mol. The van der Waals surface area contributed by atoms with Crippen LogP contribution in [0.3, 0.4) is 0 Å². The second-order valence-electron chi connectivity index (χ2n) is 9.46. The molecule has 0 atom stereocenters. The number of nitrogens with zero attached hydrogens (tertiary/aromatic N) is 6. The summed E-state index contributed by atoms with van der Waals surface area (Å²) in [6.07, 6.45) is 3.84. The van der Waals surface area contributed by atoms with E-state index in [0.717, 1.165) is 64.7 Å². The molecule has 1 N–H and O–H groups in total. The molecule has 0 saturated heterocycles. The highest BCUT2D eigenvalue weighted by Gasteiger charge is 2.34. The second kappa shape index (κ2) is 8.10. The van der Waals surface area contributed by atoms with Crippen molar-refractivity contribution in [1.29, 1.82) is 0 Å². The molecular formula is C25H27N7O2S. The van der Waals surface area contributed by atoms with E-state index in [-0.39, 0.29) is 6.54 Å². The molecule has 0 aliphatic carbocycles. The normalized spacial score (nSPS) is 15.7. The number of H-pyrrole nitrogens is 1. The molecule has 4 aromatic heterocycles. The van der Waals surface area contributed by atoms with Gasteiger partial charge < -0.3 is 4.98 Å². The van der Waals surface area contributed by atoms with E-state index in [2.05, 4.69) is 14.6 Å². The smallest absolute Gasteiger partial charge is 0.217 e. The third-order valence-corrected chi connectivity index (χ3v) is 8.91. The fraction of sp³-hybridized carbons (Fsp3) is 0.360. The lowest BCUT2D eigenvalue weighted by Gasteiger charge is -2.18. The molecule has 0 saturated carbocycles. The van der Waals surface area contributed by atoms with Gasteiger partial charge >= 0.3 is 0 Å². The van der Waals surface area contributed by atoms with Gasteiger partial charge in [0.25, 0.3) is 0 Å². The summed E-state index contributed by atoms with van der Waals surface area (Å²) in [6.45, 7) is 6.89. The van der Waals surface area contributed by atoms with E-state index in [1.54, 1.807) is 20.0 Å². The average molecular weight is 490 g/mol. The molecule has 10 heteroatoms. The maximum Gasteiger partial charge on any atom is 0.217 e. The standard InChI is InChI=1S/C25H27N7O2S/c1-15(2)35(33,34)31-13-20-21(14-31)29-25(28-20)19-12-17(9-10-26-19)23-22-8-5-11-32(22)30-24(23)18-7-4-6-16(3)27-18/h4,6-7,9-10,12,15H,5,8,11,13-14H2,1-3H3,(H,28,29). The zero-order chi connectivity index (χ0) is 24.3. The van der Waals surface area contributed by atoms with Crippen LogP contribution >= 0.6 is 0 Å². The van der Waals surface area contributed by atoms with Crippen molar-refractivity contribution in [3.8, 4) is 34.0 Å². The number of hydrogen-bond acceptors (Lipinski definition) is 6. The van der Waals surface area contributed by atoms with Crippen molar-refractivity contribution in [2.75, 3.05) is 0 Å². The van der Waals surface area contributed by atoms with Crippen LogP contribution in [-0.4, -0.2) is 47.7 Å². The summed E-state index contributed by atoms with van der Waals surface area (Å²) in [7, 11) is -3.33. The number of pyridine rings is 2. The third kappa shape index (κ3) is 3.68. The maximum absolute atomic E-state index is 12.6. The number of aromatic amines is 1. The van der Waals surface area contributed by atoms with Crippen LogP contribution in [0.2, 0.25) is 0 Å². The van der Waals surface area contributed by atoms with Crippen LogP contribution in [0.1, 0.15) is 43.0 Å². The Balaban J connectivity index is 1.37. The van der Waals surface area contributed by atoms with Crippen LogP contribution < -0.4 is 0 Å². The molecule has 0 spiro atoms. The average Bonchev–Trinajstić information content (AvgIpc) is 3.58. The van der Waals surface area contributed by atoms with Gasteiger partial charge in [0.1, 0.15) is 11.4 Å². The first-order valence-corrected chi connectivity index (χ1v) is 13.4. The van der Waals surface area contributed by atoms with Gasteiger partial charge in [0.15, 0.2) is 5.82 Å². The van der Waals surface area contributed by atoms with E-state index < -0.39 is 15.3 Å². The van der Waals surface area contributed by atoms with E-state index in [4.69, 9.17) is 15.1 Å². The van der Waals surface area contributed by atoms with Gasteiger partial charge in [0.2, 0.25) is 10.0 Å². The lowest BCUT2D eigenvalue weighted by Crippen LogP contribution is -2.32. The molecule has 0 aromatic carbocycles. The van der Waals surface area contributed by atoms with Gasteiger partial charge in [-0.2, -0.15) is 9.40 Å². The number of aryl methyl sites for hydroxylation is 2. The molecular weight excluding hydrogens is 462 g/mol. The first kappa shape index (κ1) is 22.1. The van der Waals surface area contributed by atoms with E-state index in [1.165, 1.54) is 10.00 Å². The molecule has 2 aliphatic heterocycles. The minimum atomic E-state index is -3.33. The Bertz CT molecular complexity index is 1530. The number of aromatic nitrogens is 6. The topological polar surface area (TPSA) is 110 Å². The molecule has 4 aromatic rings. The van der Waals surface area contributed by atoms with Gasteiger partial charge in [-0.25, -0.2) is 13.4 Å². The van der Waals surface area contributed by atoms with Gasteiger partial charge in [0.05, 0.1) is 35.4 Å². The Morgan fingerprint density at radius 2 is 1.94 bits per heavy atom. The zero-order valence-corrected chi connectivity index (χ0v) is 20.8. The number of imidazole rings is 1. The lowest BCUT2D eigenvalue weighted by atomic mass is 10.00. The van der Waals surface area contributed by atoms with Crippen LogP contribution in [0.4, 0.5) is 0 Å². The predicted molar refractivity (Wildman–Crippen MR) is 133 cm³/mol. The molecule has 0 fully saturated rings. The SMILES string of the molecule is Cc1cccc(-c2nn3c(c2-c2ccnc(-c4nc5c([nH]4)CN(S(=O)(=O)C(C)C)C5)c2)CCC3)n1. The minimum Gasteiger partial charge on any atom is -0.339 e. The molecule has 35 heavy (non-hydrogen) atoms. The zero-order valence-electron chi connectivity index (χ0n) is 20.0. The number of nitrogens with one attached hydrogen (secondary N) is 1. The van der Waals surface area contributed by atoms with Crippen molar-refractivity contribution in [1.82, 2.24) is 34.0 Å². The van der Waals surface area contributed by atoms with E-state index in [0.29, 0.717) is 12.4 Å². The molecule has 0 radical (unpaired) electrons. The number of sulfonamides is 1. The summed E-state index contributed by atoms with van der Waals surface area (Å²) in [5.41, 5.74) is 8.35. The summed E-state index contributed by atoms with van der Waals surface area (Å²) in [5, 5.41) is 4.46. The highest BCUT2D eigenvalue weighted by molar-refractivity contribution is 7.89. The van der Waals surface area contributed by atoms with Crippen molar-refractivity contribution in [2.45, 2.75) is 58.5 Å². The highest BCUT2D eigenvalue weighted by Crippen LogP contribution is 2.38. The number of rotatable bonds is 5. The van der Waals surface area contributed by atoms with Crippen LogP contribution in [0.15, 0.2) is 36.5 Å². The Hall–Kier alpha value is -3.37. The molecule has 2 aliphatic rings. The molecule has 6 heterocycles. The predicted octanol–water partition coefficient (Wildman–Crippen LogP) is 3.71. The van der Waals surface area contributed by atoms with E-state index in [1.807, 2.05) is 37.3 Å². The fourth-order valence-corrected chi connectivity index (χ4v) is 6.12. The quantitative estimate of drug-likeness (QED) is 0.458. The summed E-state index contributed by atoms with van der Waals surface area (Å²) in [6, 6.07) is 10.0. The first-order valence-electron chi connectivity index (χ1n) is 11.9. The van der Waals surface area contributed by atoms with Gasteiger partial charge in [-0.3, -0.25) is 14.6 Å². The van der Waals surface area contributed by atoms with Crippen molar-refractivity contribution in [3.63, 3.8) is 0 Å². The van der Waals surface area contributed by atoms with Crippen LogP contribution in [0.25, 0.3) is 34.0 Å². The van der Waals surface area contributed by atoms with Crippen molar-refractivity contribution in [3.05, 3.63) is 59.3 Å². The maximum atomic E-state index is 12.6. The van der Waals surface area contributed by atoms with Gasteiger partial charge in [0, 0.05) is 29.7 Å². The number of fused-ring (bicyclic) bond motifs is 2. The lowest BCUT2D eigenvalue weighted by molar-refractivity contribution is 0.420. The highest BCUT2D eigenvalue weighted by atomic mass is 32.2. The molecule has 0 unspecified atom stereocenters. The Morgan fingerprint density at radius 3 is 2.71 bits per heavy atom. The largest absolute Gasteiger partial charge is 0.339 e. The molecule has 0 bridgehead atoms. The third-order valence-electron chi connectivity index (χ3n) is 6.74. The summed E-state index contributed by atoms with van der Waals surface area (Å²) >= 11 is 0. The summed E-state index contributed by atoms with van der Waals surface area (Å²) in [4.78, 5) is 17.3. The first-order chi connectivity index (χ1) is 16.8. The molecule has 6 rings (SSSR count). The van der Waals surface area contributed by atoms with Crippen molar-refractivity contribution >= 4 is 10.0 Å². The summed E-state index contributed by atoms with van der Waals surface area (Å²) in [5.74, 6) is 0.650. The number of hydrogen-bond donors (Lipinski definition) is 1. The second-order valence-corrected chi connectivity index (χ2v) is 12.0. The van der Waals surface area contributed by atoms with Crippen LogP contribution in [-0.2, 0) is 36.1 Å². The fourth-order valence-electron chi connectivity index (χ4n) is 4.91. The van der Waals surface area contributed by atoms with Gasteiger partial charge in [-0.15, -0.1) is 0 Å². The van der Waals surface area contributed by atoms with E-state index in [9.17, 15) is 8.42 Å². The van der Waals surface area contributed by atoms with E-state index >= 15 is 0 Å². The van der Waals surface area contributed by atoms with Crippen molar-refractivity contribution in [2.24, 2.45) is 0 Å². The summed E-state index contributed by atoms with van der Waals surface area (Å²) < 4.78 is 28.7. The minimum absolute atomic E-state index is 0.284. The molecule has 0 amide bonds. The Kier molecular flexibility index (Phi) is 5.12. The van der Waals surface area contributed by atoms with Crippen molar-refractivity contribution < 1.29 is 8.42 Å². The van der Waals surface area contributed by atoms with Gasteiger partial charge in [-0.1, -0.05) is 6.07 Å². The molecule has 180 valence electrons. The Labute approximate surface area is 204 Å². The van der Waals surface area contributed by atoms with Crippen LogP contribution in [0.5, 0.6) is 0 Å². The molecule has 9 nitrogen and oxygen atoms in total. The van der Waals surface area contributed by atoms with Gasteiger partial charge in [-0.05, 0) is 63.4 Å². The Morgan fingerprint density at radius 1 is 1.09 bits per heavy atom.